The number of ether oxygens (including phenoxy) is 1. The van der Waals surface area contributed by atoms with Crippen molar-refractivity contribution >= 4 is 11.6 Å². The molecule has 5 nitrogen and oxygen atoms in total. The third-order valence-corrected chi connectivity index (χ3v) is 4.86. The van der Waals surface area contributed by atoms with Crippen LogP contribution < -0.4 is 10.1 Å². The van der Waals surface area contributed by atoms with E-state index in [4.69, 9.17) is 4.74 Å². The Bertz CT molecular complexity index is 710. The summed E-state index contributed by atoms with van der Waals surface area (Å²) in [7, 11) is 3.67. The Hall–Kier alpha value is -2.27. The Morgan fingerprint density at radius 2 is 2.08 bits per heavy atom. The number of carbonyl (C=O) groups is 1. The molecule has 0 aliphatic carbocycles. The van der Waals surface area contributed by atoms with Crippen molar-refractivity contribution in [1.29, 1.82) is 0 Å². The van der Waals surface area contributed by atoms with Crippen molar-refractivity contribution in [2.75, 3.05) is 19.0 Å². The summed E-state index contributed by atoms with van der Waals surface area (Å²) in [6, 6.07) is 11.8. The highest BCUT2D eigenvalue weighted by molar-refractivity contribution is 5.95. The molecule has 1 fully saturated rings. The number of methoxy groups -OCH3 is 1. The molecule has 0 spiro atoms. The maximum Gasteiger partial charge on any atom is 0.241 e. The van der Waals surface area contributed by atoms with Gasteiger partial charge in [-0.15, -0.1) is 0 Å². The van der Waals surface area contributed by atoms with Gasteiger partial charge in [-0.05, 0) is 50.6 Å². The van der Waals surface area contributed by atoms with E-state index in [0.29, 0.717) is 17.5 Å². The third-order valence-electron chi connectivity index (χ3n) is 4.86. The number of benzene rings is 1. The van der Waals surface area contributed by atoms with E-state index in [-0.39, 0.29) is 11.9 Å². The van der Waals surface area contributed by atoms with E-state index < -0.39 is 0 Å². The van der Waals surface area contributed by atoms with Gasteiger partial charge in [0.2, 0.25) is 5.91 Å². The van der Waals surface area contributed by atoms with Crippen molar-refractivity contribution in [2.24, 2.45) is 7.05 Å². The second-order valence-electron chi connectivity index (χ2n) is 6.31. The van der Waals surface area contributed by atoms with Gasteiger partial charge < -0.3 is 14.6 Å². The van der Waals surface area contributed by atoms with E-state index in [1.807, 2.05) is 31.2 Å². The van der Waals surface area contributed by atoms with Gasteiger partial charge in [0.25, 0.3) is 0 Å². The van der Waals surface area contributed by atoms with Crippen LogP contribution in [0.15, 0.2) is 42.6 Å². The highest BCUT2D eigenvalue weighted by Crippen LogP contribution is 2.34. The van der Waals surface area contributed by atoms with Gasteiger partial charge in [-0.2, -0.15) is 0 Å². The van der Waals surface area contributed by atoms with Crippen molar-refractivity contribution in [1.82, 2.24) is 9.47 Å². The maximum absolute atomic E-state index is 12.8. The summed E-state index contributed by atoms with van der Waals surface area (Å²) in [6.07, 6.45) is 4.26. The van der Waals surface area contributed by atoms with Gasteiger partial charge in [-0.25, -0.2) is 0 Å². The quantitative estimate of drug-likeness (QED) is 0.917. The van der Waals surface area contributed by atoms with Crippen molar-refractivity contribution in [3.8, 4) is 5.75 Å². The lowest BCUT2D eigenvalue weighted by atomic mass is 10.1. The molecule has 1 aliphatic rings. The smallest absolute Gasteiger partial charge is 0.241 e. The van der Waals surface area contributed by atoms with Crippen LogP contribution in [0, 0.1) is 0 Å². The van der Waals surface area contributed by atoms with E-state index >= 15 is 0 Å². The Labute approximate surface area is 143 Å². The van der Waals surface area contributed by atoms with Crippen LogP contribution >= 0.6 is 0 Å². The number of aromatic nitrogens is 1. The zero-order chi connectivity index (χ0) is 17.1. The molecule has 0 radical (unpaired) electrons. The summed E-state index contributed by atoms with van der Waals surface area (Å²) in [5.41, 5.74) is 1.98. The zero-order valence-electron chi connectivity index (χ0n) is 14.5. The van der Waals surface area contributed by atoms with Gasteiger partial charge in [-0.3, -0.25) is 9.69 Å². The molecule has 1 aromatic carbocycles. The van der Waals surface area contributed by atoms with Crippen LogP contribution in [0.2, 0.25) is 0 Å². The normalized spacial score (nSPS) is 19.2. The summed E-state index contributed by atoms with van der Waals surface area (Å²) >= 11 is 0. The minimum atomic E-state index is -0.197. The minimum absolute atomic E-state index is 0.000564. The molecule has 0 bridgehead atoms. The predicted octanol–water partition coefficient (Wildman–Crippen LogP) is 3.20. The second-order valence-corrected chi connectivity index (χ2v) is 6.31. The lowest BCUT2D eigenvalue weighted by Gasteiger charge is -2.30. The highest BCUT2D eigenvalue weighted by Gasteiger charge is 2.34. The molecule has 24 heavy (non-hydrogen) atoms. The van der Waals surface area contributed by atoms with Gasteiger partial charge in [-0.1, -0.05) is 12.1 Å². The van der Waals surface area contributed by atoms with Crippen LogP contribution in [0.5, 0.6) is 5.75 Å². The molecule has 1 saturated heterocycles. The van der Waals surface area contributed by atoms with Gasteiger partial charge in [0.05, 0.1) is 24.9 Å². The van der Waals surface area contributed by atoms with Gasteiger partial charge in [0, 0.05) is 18.9 Å². The Morgan fingerprint density at radius 3 is 2.79 bits per heavy atom. The van der Waals surface area contributed by atoms with Gasteiger partial charge in [0.1, 0.15) is 5.75 Å². The molecule has 0 saturated carbocycles. The molecule has 2 atom stereocenters. The number of likely N-dealkylation sites (tertiary alicyclic amines) is 1. The molecule has 1 aromatic heterocycles. The number of nitrogens with one attached hydrogen (secondary N) is 1. The van der Waals surface area contributed by atoms with Gasteiger partial charge in [0.15, 0.2) is 0 Å². The van der Waals surface area contributed by atoms with E-state index in [1.165, 1.54) is 5.69 Å². The average molecular weight is 327 g/mol. The Kier molecular flexibility index (Phi) is 4.90. The zero-order valence-corrected chi connectivity index (χ0v) is 14.5. The Morgan fingerprint density at radius 1 is 1.29 bits per heavy atom. The molecule has 1 aliphatic heterocycles. The monoisotopic (exact) mass is 327 g/mol. The summed E-state index contributed by atoms with van der Waals surface area (Å²) in [5.74, 6) is 0.680. The molecule has 5 heteroatoms. The molecule has 3 rings (SSSR count). The van der Waals surface area contributed by atoms with Crippen LogP contribution in [-0.2, 0) is 11.8 Å². The van der Waals surface area contributed by atoms with E-state index in [0.717, 1.165) is 19.4 Å². The number of hydrogen-bond acceptors (Lipinski definition) is 3. The topological polar surface area (TPSA) is 46.5 Å². The summed E-state index contributed by atoms with van der Waals surface area (Å²) in [5, 5.41) is 3.01. The fourth-order valence-corrected chi connectivity index (χ4v) is 3.53. The SMILES string of the molecule is COc1ccccc1NC(=O)[C@H](C)N1CCC[C@@H]1c1cccn1C. The van der Waals surface area contributed by atoms with Crippen molar-refractivity contribution in [3.05, 3.63) is 48.3 Å². The average Bonchev–Trinajstić information content (AvgIpc) is 3.22. The van der Waals surface area contributed by atoms with E-state index in [9.17, 15) is 4.79 Å². The molecule has 2 aromatic rings. The van der Waals surface area contributed by atoms with Crippen molar-refractivity contribution in [2.45, 2.75) is 31.8 Å². The molecule has 2 heterocycles. The number of nitrogens with zero attached hydrogens (tertiary/aromatic N) is 2. The van der Waals surface area contributed by atoms with E-state index in [1.54, 1.807) is 7.11 Å². The first-order chi connectivity index (χ1) is 11.6. The molecular formula is C19H25N3O2. The maximum atomic E-state index is 12.8. The first-order valence-corrected chi connectivity index (χ1v) is 8.42. The number of para-hydroxylation sites is 2. The number of anilines is 1. The van der Waals surface area contributed by atoms with Crippen molar-refractivity contribution < 1.29 is 9.53 Å². The molecule has 0 unspecified atom stereocenters. The highest BCUT2D eigenvalue weighted by atomic mass is 16.5. The lowest BCUT2D eigenvalue weighted by molar-refractivity contribution is -0.121. The number of aryl methyl sites for hydroxylation is 1. The number of rotatable bonds is 5. The van der Waals surface area contributed by atoms with Crippen molar-refractivity contribution in [3.63, 3.8) is 0 Å². The first-order valence-electron chi connectivity index (χ1n) is 8.42. The van der Waals surface area contributed by atoms with Crippen LogP contribution in [0.25, 0.3) is 0 Å². The van der Waals surface area contributed by atoms with Crippen LogP contribution in [-0.4, -0.2) is 35.1 Å². The molecule has 128 valence electrons. The minimum Gasteiger partial charge on any atom is -0.495 e. The van der Waals surface area contributed by atoms with E-state index in [2.05, 4.69) is 40.2 Å². The standard InChI is InChI=1S/C19H25N3O2/c1-14(19(23)20-15-8-4-5-11-18(15)24-3)22-13-7-10-17(22)16-9-6-12-21(16)2/h4-6,8-9,11-12,14,17H,7,10,13H2,1-3H3,(H,20,23)/t14-,17+/m0/s1. The molecule has 1 N–H and O–H groups in total. The predicted molar refractivity (Wildman–Crippen MR) is 95.2 cm³/mol. The number of amides is 1. The van der Waals surface area contributed by atoms with Crippen LogP contribution in [0.3, 0.4) is 0 Å². The van der Waals surface area contributed by atoms with Crippen LogP contribution in [0.4, 0.5) is 5.69 Å². The fourth-order valence-electron chi connectivity index (χ4n) is 3.53. The Balaban J connectivity index is 1.74. The molecule has 1 amide bonds. The third kappa shape index (κ3) is 3.17. The first kappa shape index (κ1) is 16.6. The second kappa shape index (κ2) is 7.09. The number of hydrogen-bond donors (Lipinski definition) is 1. The lowest BCUT2D eigenvalue weighted by Crippen LogP contribution is -2.42. The fraction of sp³-hybridized carbons (Fsp3) is 0.421. The summed E-state index contributed by atoms with van der Waals surface area (Å²) in [6.45, 7) is 2.92. The summed E-state index contributed by atoms with van der Waals surface area (Å²) < 4.78 is 7.46. The van der Waals surface area contributed by atoms with Gasteiger partial charge >= 0.3 is 0 Å². The largest absolute Gasteiger partial charge is 0.495 e. The summed E-state index contributed by atoms with van der Waals surface area (Å²) in [4.78, 5) is 15.0. The number of carbonyl (C=O) groups excluding carboxylic acids is 1. The van der Waals surface area contributed by atoms with Crippen LogP contribution in [0.1, 0.15) is 31.5 Å². The molecular weight excluding hydrogens is 302 g/mol.